The predicted molar refractivity (Wildman–Crippen MR) is 97.2 cm³/mol. The summed E-state index contributed by atoms with van der Waals surface area (Å²) in [5, 5.41) is 5.58. The lowest BCUT2D eigenvalue weighted by Crippen LogP contribution is -2.45. The van der Waals surface area contributed by atoms with Crippen molar-refractivity contribution in [3.63, 3.8) is 0 Å². The molecule has 1 aromatic rings. The summed E-state index contributed by atoms with van der Waals surface area (Å²) in [6.07, 6.45) is 2.96. The molecule has 2 rings (SSSR count). The summed E-state index contributed by atoms with van der Waals surface area (Å²) in [6, 6.07) is 4.94. The van der Waals surface area contributed by atoms with Crippen LogP contribution in [0.1, 0.15) is 33.1 Å². The van der Waals surface area contributed by atoms with Crippen molar-refractivity contribution in [2.24, 2.45) is 0 Å². The monoisotopic (exact) mass is 349 g/mol. The van der Waals surface area contributed by atoms with Gasteiger partial charge in [0.25, 0.3) is 0 Å². The van der Waals surface area contributed by atoms with Crippen molar-refractivity contribution >= 4 is 23.3 Å². The van der Waals surface area contributed by atoms with Crippen molar-refractivity contribution in [2.45, 2.75) is 39.2 Å². The number of anilines is 2. The van der Waals surface area contributed by atoms with E-state index in [2.05, 4.69) is 17.6 Å². The maximum Gasteiger partial charge on any atom is 0.322 e. The molecule has 1 aliphatic heterocycles. The van der Waals surface area contributed by atoms with Gasteiger partial charge in [-0.15, -0.1) is 0 Å². The second-order valence-corrected chi connectivity index (χ2v) is 6.11. The van der Waals surface area contributed by atoms with E-state index in [4.69, 9.17) is 9.47 Å². The van der Waals surface area contributed by atoms with Crippen molar-refractivity contribution in [3.05, 3.63) is 18.2 Å². The van der Waals surface area contributed by atoms with E-state index in [1.54, 1.807) is 30.2 Å². The first-order chi connectivity index (χ1) is 12.0. The fraction of sp³-hybridized carbons (Fsp3) is 0.556. The van der Waals surface area contributed by atoms with E-state index < -0.39 is 0 Å². The van der Waals surface area contributed by atoms with Crippen LogP contribution in [0.25, 0.3) is 0 Å². The lowest BCUT2D eigenvalue weighted by molar-refractivity contribution is -0.114. The third-order valence-corrected chi connectivity index (χ3v) is 3.98. The molecule has 1 heterocycles. The van der Waals surface area contributed by atoms with Crippen LogP contribution in [-0.2, 0) is 9.53 Å². The molecular weight excluding hydrogens is 322 g/mol. The highest BCUT2D eigenvalue weighted by Gasteiger charge is 2.24. The van der Waals surface area contributed by atoms with Crippen molar-refractivity contribution in [3.8, 4) is 5.75 Å². The summed E-state index contributed by atoms with van der Waals surface area (Å²) in [5.74, 6) is 0.368. The molecule has 1 atom stereocenters. The quantitative estimate of drug-likeness (QED) is 0.827. The zero-order valence-corrected chi connectivity index (χ0v) is 15.1. The molecule has 0 unspecified atom stereocenters. The van der Waals surface area contributed by atoms with Gasteiger partial charge in [0.1, 0.15) is 5.75 Å². The van der Waals surface area contributed by atoms with Gasteiger partial charge in [-0.05, 0) is 37.5 Å². The van der Waals surface area contributed by atoms with E-state index in [1.165, 1.54) is 6.92 Å². The van der Waals surface area contributed by atoms with Gasteiger partial charge in [-0.2, -0.15) is 0 Å². The van der Waals surface area contributed by atoms with E-state index in [0.29, 0.717) is 36.8 Å². The zero-order chi connectivity index (χ0) is 18.2. The van der Waals surface area contributed by atoms with Crippen LogP contribution in [0.5, 0.6) is 5.75 Å². The Morgan fingerprint density at radius 1 is 1.32 bits per heavy atom. The number of benzene rings is 1. The van der Waals surface area contributed by atoms with Crippen LogP contribution in [-0.4, -0.2) is 49.7 Å². The Labute approximate surface area is 148 Å². The van der Waals surface area contributed by atoms with Crippen molar-refractivity contribution < 1.29 is 19.1 Å². The van der Waals surface area contributed by atoms with Gasteiger partial charge in [-0.25, -0.2) is 4.79 Å². The maximum atomic E-state index is 12.6. The molecule has 1 aliphatic rings. The van der Waals surface area contributed by atoms with Gasteiger partial charge in [0.2, 0.25) is 5.91 Å². The summed E-state index contributed by atoms with van der Waals surface area (Å²) in [6.45, 7) is 5.51. The van der Waals surface area contributed by atoms with E-state index in [-0.39, 0.29) is 18.0 Å². The van der Waals surface area contributed by atoms with Crippen LogP contribution in [0.3, 0.4) is 0 Å². The third kappa shape index (κ3) is 5.63. The Bertz CT molecular complexity index is 606. The standard InChI is InChI=1S/C18H27N3O4/c1-4-10-25-15-6-5-9-21(12-15)18(23)20-16-11-14(19-13(2)22)7-8-17(16)24-3/h7-8,11,15H,4-6,9-10,12H2,1-3H3,(H,19,22)(H,20,23)/t15-/m0/s1. The van der Waals surface area contributed by atoms with Crippen molar-refractivity contribution in [1.29, 1.82) is 0 Å². The van der Waals surface area contributed by atoms with Gasteiger partial charge < -0.3 is 25.0 Å². The number of ether oxygens (including phenoxy) is 2. The molecule has 0 radical (unpaired) electrons. The molecule has 25 heavy (non-hydrogen) atoms. The first-order valence-electron chi connectivity index (χ1n) is 8.66. The van der Waals surface area contributed by atoms with Crippen molar-refractivity contribution in [1.82, 2.24) is 4.90 Å². The molecule has 2 N–H and O–H groups in total. The SMILES string of the molecule is CCCO[C@H]1CCCN(C(=O)Nc2cc(NC(C)=O)ccc2OC)C1. The minimum absolute atomic E-state index is 0.0899. The fourth-order valence-corrected chi connectivity index (χ4v) is 2.82. The number of carbonyl (C=O) groups is 2. The van der Waals surface area contributed by atoms with Gasteiger partial charge in [-0.1, -0.05) is 6.92 Å². The minimum Gasteiger partial charge on any atom is -0.495 e. The van der Waals surface area contributed by atoms with Crippen LogP contribution in [0, 0.1) is 0 Å². The number of piperidine rings is 1. The lowest BCUT2D eigenvalue weighted by Gasteiger charge is -2.32. The second kappa shape index (κ2) is 9.27. The number of likely N-dealkylation sites (tertiary alicyclic amines) is 1. The van der Waals surface area contributed by atoms with Gasteiger partial charge >= 0.3 is 6.03 Å². The molecular formula is C18H27N3O4. The number of carbonyl (C=O) groups excluding carboxylic acids is 2. The highest BCUT2D eigenvalue weighted by atomic mass is 16.5. The zero-order valence-electron chi connectivity index (χ0n) is 15.1. The Kier molecular flexibility index (Phi) is 7.06. The summed E-state index contributed by atoms with van der Waals surface area (Å²) in [7, 11) is 1.54. The van der Waals surface area contributed by atoms with Crippen LogP contribution in [0.15, 0.2) is 18.2 Å². The summed E-state index contributed by atoms with van der Waals surface area (Å²) in [4.78, 5) is 25.6. The molecule has 138 valence electrons. The molecule has 3 amide bonds. The lowest BCUT2D eigenvalue weighted by atomic mass is 10.1. The first-order valence-corrected chi connectivity index (χ1v) is 8.66. The minimum atomic E-state index is -0.192. The Hall–Kier alpha value is -2.28. The molecule has 1 saturated heterocycles. The van der Waals surface area contributed by atoms with E-state index in [0.717, 1.165) is 19.3 Å². The maximum absolute atomic E-state index is 12.6. The fourth-order valence-electron chi connectivity index (χ4n) is 2.82. The number of rotatable bonds is 6. The molecule has 0 bridgehead atoms. The Morgan fingerprint density at radius 2 is 2.12 bits per heavy atom. The normalized spacial score (nSPS) is 17.1. The average Bonchev–Trinajstić information content (AvgIpc) is 2.60. The smallest absolute Gasteiger partial charge is 0.322 e. The Morgan fingerprint density at radius 3 is 2.80 bits per heavy atom. The third-order valence-electron chi connectivity index (χ3n) is 3.98. The largest absolute Gasteiger partial charge is 0.495 e. The Balaban J connectivity index is 2.04. The van der Waals surface area contributed by atoms with Gasteiger partial charge in [-0.3, -0.25) is 4.79 Å². The van der Waals surface area contributed by atoms with Crippen molar-refractivity contribution in [2.75, 3.05) is 37.4 Å². The molecule has 0 saturated carbocycles. The average molecular weight is 349 g/mol. The molecule has 1 fully saturated rings. The predicted octanol–water partition coefficient (Wildman–Crippen LogP) is 3.08. The first kappa shape index (κ1) is 19.1. The number of methoxy groups -OCH3 is 1. The van der Waals surface area contributed by atoms with Gasteiger partial charge in [0.15, 0.2) is 0 Å². The van der Waals surface area contributed by atoms with Gasteiger partial charge in [0.05, 0.1) is 18.9 Å². The summed E-state index contributed by atoms with van der Waals surface area (Å²) >= 11 is 0. The second-order valence-electron chi connectivity index (χ2n) is 6.11. The number of hydrogen-bond acceptors (Lipinski definition) is 4. The number of hydrogen-bond donors (Lipinski definition) is 2. The molecule has 7 nitrogen and oxygen atoms in total. The van der Waals surface area contributed by atoms with E-state index in [9.17, 15) is 9.59 Å². The number of nitrogens with one attached hydrogen (secondary N) is 2. The molecule has 1 aromatic carbocycles. The highest BCUT2D eigenvalue weighted by molar-refractivity contribution is 5.94. The molecule has 7 heteroatoms. The van der Waals surface area contributed by atoms with E-state index in [1.807, 2.05) is 0 Å². The summed E-state index contributed by atoms with van der Waals surface area (Å²) in [5.41, 5.74) is 1.13. The highest BCUT2D eigenvalue weighted by Crippen LogP contribution is 2.28. The van der Waals surface area contributed by atoms with Crippen LogP contribution in [0.4, 0.5) is 16.2 Å². The molecule has 0 aromatic heterocycles. The van der Waals surface area contributed by atoms with Crippen LogP contribution < -0.4 is 15.4 Å². The number of nitrogens with zero attached hydrogens (tertiary/aromatic N) is 1. The van der Waals surface area contributed by atoms with Crippen LogP contribution >= 0.6 is 0 Å². The topological polar surface area (TPSA) is 79.9 Å². The van der Waals surface area contributed by atoms with Crippen LogP contribution in [0.2, 0.25) is 0 Å². The van der Waals surface area contributed by atoms with Gasteiger partial charge in [0, 0.05) is 32.3 Å². The number of amides is 3. The van der Waals surface area contributed by atoms with E-state index >= 15 is 0 Å². The summed E-state index contributed by atoms with van der Waals surface area (Å²) < 4.78 is 11.1. The molecule has 0 aliphatic carbocycles. The molecule has 0 spiro atoms. The number of urea groups is 1.